The molecule has 1 aromatic carbocycles. The van der Waals surface area contributed by atoms with Crippen molar-refractivity contribution >= 4 is 18.3 Å². The minimum Gasteiger partial charge on any atom is -0.488 e. The van der Waals surface area contributed by atoms with Crippen LogP contribution in [0, 0.1) is 17.6 Å². The summed E-state index contributed by atoms with van der Waals surface area (Å²) in [6.45, 7) is 3.78. The maximum Gasteiger partial charge on any atom is 0.225 e. The number of halogens is 3. The smallest absolute Gasteiger partial charge is 0.225 e. The second kappa shape index (κ2) is 8.62. The highest BCUT2D eigenvalue weighted by Crippen LogP contribution is 2.31. The molecule has 24 heavy (non-hydrogen) atoms. The summed E-state index contributed by atoms with van der Waals surface area (Å²) in [6.07, 6.45) is 3.64. The van der Waals surface area contributed by atoms with E-state index < -0.39 is 17.2 Å². The van der Waals surface area contributed by atoms with Gasteiger partial charge < -0.3 is 15.8 Å². The first-order valence-corrected chi connectivity index (χ1v) is 7.97. The highest BCUT2D eigenvalue weighted by Gasteiger charge is 2.38. The van der Waals surface area contributed by atoms with Crippen LogP contribution in [0.4, 0.5) is 8.78 Å². The summed E-state index contributed by atoms with van der Waals surface area (Å²) in [7, 11) is 0. The molecule has 1 fully saturated rings. The number of benzene rings is 1. The SMILES string of the molecule is CC(COc1ccc(F)cc1F)NC(=O)C1CCCCC1(C)N.Cl. The maximum atomic E-state index is 13.5. The Morgan fingerprint density at radius 2 is 2.17 bits per heavy atom. The fraction of sp³-hybridized carbons (Fsp3) is 0.588. The number of nitrogens with two attached hydrogens (primary N) is 1. The van der Waals surface area contributed by atoms with Gasteiger partial charge in [0.05, 0.1) is 12.0 Å². The van der Waals surface area contributed by atoms with Crippen molar-refractivity contribution < 1.29 is 18.3 Å². The van der Waals surface area contributed by atoms with Crippen LogP contribution in [0.3, 0.4) is 0 Å². The lowest BCUT2D eigenvalue weighted by molar-refractivity contribution is -0.128. The molecule has 1 saturated carbocycles. The molecule has 0 aliphatic heterocycles. The molecule has 3 N–H and O–H groups in total. The Morgan fingerprint density at radius 1 is 1.46 bits per heavy atom. The monoisotopic (exact) mass is 362 g/mol. The first-order chi connectivity index (χ1) is 10.8. The predicted octanol–water partition coefficient (Wildman–Crippen LogP) is 3.18. The van der Waals surface area contributed by atoms with Crippen molar-refractivity contribution in [3.8, 4) is 5.75 Å². The molecule has 0 spiro atoms. The van der Waals surface area contributed by atoms with Crippen LogP contribution >= 0.6 is 12.4 Å². The van der Waals surface area contributed by atoms with E-state index in [0.717, 1.165) is 37.8 Å². The summed E-state index contributed by atoms with van der Waals surface area (Å²) in [6, 6.07) is 2.83. The van der Waals surface area contributed by atoms with Crippen molar-refractivity contribution in [2.45, 2.75) is 51.1 Å². The number of hydrogen-bond donors (Lipinski definition) is 2. The molecule has 0 saturated heterocycles. The lowest BCUT2D eigenvalue weighted by atomic mass is 9.74. The van der Waals surface area contributed by atoms with Gasteiger partial charge in [-0.1, -0.05) is 12.8 Å². The Labute approximate surface area is 147 Å². The van der Waals surface area contributed by atoms with Gasteiger partial charge in [0.25, 0.3) is 0 Å². The summed E-state index contributed by atoms with van der Waals surface area (Å²) in [5.74, 6) is -1.76. The molecule has 0 bridgehead atoms. The summed E-state index contributed by atoms with van der Waals surface area (Å²) in [4.78, 5) is 12.4. The van der Waals surface area contributed by atoms with Crippen molar-refractivity contribution in [3.63, 3.8) is 0 Å². The molecule has 3 unspecified atom stereocenters. The highest BCUT2D eigenvalue weighted by atomic mass is 35.5. The zero-order valence-corrected chi connectivity index (χ0v) is 14.8. The molecule has 0 heterocycles. The van der Waals surface area contributed by atoms with Gasteiger partial charge in [0.2, 0.25) is 5.91 Å². The van der Waals surface area contributed by atoms with Crippen LogP contribution in [0.5, 0.6) is 5.75 Å². The third-order valence-electron chi connectivity index (χ3n) is 4.34. The summed E-state index contributed by atoms with van der Waals surface area (Å²) in [5.41, 5.74) is 5.73. The van der Waals surface area contributed by atoms with Crippen LogP contribution in [-0.2, 0) is 4.79 Å². The molecule has 1 aliphatic rings. The molecule has 3 atom stereocenters. The Kier molecular flexibility index (Phi) is 7.42. The molecule has 136 valence electrons. The normalized spacial score (nSPS) is 24.6. The van der Waals surface area contributed by atoms with Gasteiger partial charge in [0.15, 0.2) is 11.6 Å². The standard InChI is InChI=1S/C17H24F2N2O2.ClH/c1-11(10-23-15-7-6-12(18)9-14(15)19)21-16(22)13-5-3-4-8-17(13,2)20;/h6-7,9,11,13H,3-5,8,10,20H2,1-2H3,(H,21,22);1H. The Morgan fingerprint density at radius 3 is 2.79 bits per heavy atom. The number of amides is 1. The van der Waals surface area contributed by atoms with Crippen LogP contribution in [-0.4, -0.2) is 24.1 Å². The second-order valence-electron chi connectivity index (χ2n) is 6.60. The molecule has 4 nitrogen and oxygen atoms in total. The van der Waals surface area contributed by atoms with E-state index in [9.17, 15) is 13.6 Å². The lowest BCUT2D eigenvalue weighted by Gasteiger charge is -2.37. The lowest BCUT2D eigenvalue weighted by Crippen LogP contribution is -2.54. The molecule has 0 aromatic heterocycles. The summed E-state index contributed by atoms with van der Waals surface area (Å²) >= 11 is 0. The van der Waals surface area contributed by atoms with Crippen molar-refractivity contribution in [3.05, 3.63) is 29.8 Å². The number of ether oxygens (including phenoxy) is 1. The van der Waals surface area contributed by atoms with Crippen LogP contribution in [0.25, 0.3) is 0 Å². The number of nitrogens with one attached hydrogen (secondary N) is 1. The van der Waals surface area contributed by atoms with E-state index in [0.29, 0.717) is 0 Å². The molecule has 0 radical (unpaired) electrons. The van der Waals surface area contributed by atoms with Gasteiger partial charge in [-0.15, -0.1) is 12.4 Å². The zero-order chi connectivity index (χ0) is 17.0. The van der Waals surface area contributed by atoms with Gasteiger partial charge in [0, 0.05) is 11.6 Å². The van der Waals surface area contributed by atoms with Gasteiger partial charge in [-0.25, -0.2) is 8.78 Å². The average molecular weight is 363 g/mol. The highest BCUT2D eigenvalue weighted by molar-refractivity contribution is 5.85. The third kappa shape index (κ3) is 5.31. The van der Waals surface area contributed by atoms with E-state index in [1.54, 1.807) is 6.92 Å². The van der Waals surface area contributed by atoms with Gasteiger partial charge in [-0.05, 0) is 38.8 Å². The molecular weight excluding hydrogens is 338 g/mol. The van der Waals surface area contributed by atoms with E-state index in [1.807, 2.05) is 6.92 Å². The molecule has 2 rings (SSSR count). The van der Waals surface area contributed by atoms with Crippen molar-refractivity contribution in [1.82, 2.24) is 5.32 Å². The number of carbonyl (C=O) groups excluding carboxylic acids is 1. The Balaban J connectivity index is 0.00000288. The van der Waals surface area contributed by atoms with E-state index in [1.165, 1.54) is 6.07 Å². The van der Waals surface area contributed by atoms with E-state index in [-0.39, 0.29) is 42.6 Å². The van der Waals surface area contributed by atoms with Crippen LogP contribution in [0.15, 0.2) is 18.2 Å². The second-order valence-corrected chi connectivity index (χ2v) is 6.60. The minimum atomic E-state index is -0.759. The Bertz CT molecular complexity index is 570. The minimum absolute atomic E-state index is 0. The summed E-state index contributed by atoms with van der Waals surface area (Å²) in [5, 5.41) is 2.87. The number of rotatable bonds is 5. The first kappa shape index (κ1) is 20.6. The van der Waals surface area contributed by atoms with Crippen LogP contribution in [0.1, 0.15) is 39.5 Å². The largest absolute Gasteiger partial charge is 0.488 e. The zero-order valence-electron chi connectivity index (χ0n) is 14.0. The first-order valence-electron chi connectivity index (χ1n) is 7.97. The quantitative estimate of drug-likeness (QED) is 0.845. The van der Waals surface area contributed by atoms with E-state index in [4.69, 9.17) is 10.5 Å². The topological polar surface area (TPSA) is 64.3 Å². The van der Waals surface area contributed by atoms with Crippen molar-refractivity contribution in [1.29, 1.82) is 0 Å². The molecule has 7 heteroatoms. The summed E-state index contributed by atoms with van der Waals surface area (Å²) < 4.78 is 31.6. The third-order valence-corrected chi connectivity index (χ3v) is 4.34. The molecule has 1 aliphatic carbocycles. The van der Waals surface area contributed by atoms with Gasteiger partial charge in [-0.3, -0.25) is 4.79 Å². The fourth-order valence-corrected chi connectivity index (χ4v) is 2.98. The number of hydrogen-bond acceptors (Lipinski definition) is 3. The maximum absolute atomic E-state index is 13.5. The van der Waals surface area contributed by atoms with Crippen LogP contribution < -0.4 is 15.8 Å². The van der Waals surface area contributed by atoms with Crippen molar-refractivity contribution in [2.75, 3.05) is 6.61 Å². The molecular formula is C17H25ClF2N2O2. The number of carbonyl (C=O) groups is 1. The average Bonchev–Trinajstić information content (AvgIpc) is 2.45. The van der Waals surface area contributed by atoms with Gasteiger partial charge in [-0.2, -0.15) is 0 Å². The van der Waals surface area contributed by atoms with Crippen LogP contribution in [0.2, 0.25) is 0 Å². The molecule has 1 amide bonds. The predicted molar refractivity (Wildman–Crippen MR) is 91.3 cm³/mol. The van der Waals surface area contributed by atoms with E-state index in [2.05, 4.69) is 5.32 Å². The van der Waals surface area contributed by atoms with Crippen molar-refractivity contribution in [2.24, 2.45) is 11.7 Å². The molecule has 1 aromatic rings. The van der Waals surface area contributed by atoms with Gasteiger partial charge in [0.1, 0.15) is 12.4 Å². The van der Waals surface area contributed by atoms with Gasteiger partial charge >= 0.3 is 0 Å². The fourth-order valence-electron chi connectivity index (χ4n) is 2.98. The Hall–Kier alpha value is -1.40. The van der Waals surface area contributed by atoms with E-state index >= 15 is 0 Å².